The van der Waals surface area contributed by atoms with Crippen molar-refractivity contribution in [3.8, 4) is 0 Å². The summed E-state index contributed by atoms with van der Waals surface area (Å²) in [6.07, 6.45) is 0.713. The number of rotatable bonds is 5. The molecule has 116 valence electrons. The number of esters is 1. The third-order valence-electron chi connectivity index (χ3n) is 3.78. The van der Waals surface area contributed by atoms with E-state index in [9.17, 15) is 4.79 Å². The second-order valence-electron chi connectivity index (χ2n) is 5.13. The summed E-state index contributed by atoms with van der Waals surface area (Å²) in [5.41, 5.74) is 0.853. The molecule has 1 atom stereocenters. The Bertz CT molecular complexity index is 491. The number of carbonyl (C=O) groups excluding carboxylic acids is 1. The predicted octanol–water partition coefficient (Wildman–Crippen LogP) is 2.55. The third-order valence-corrected chi connectivity index (χ3v) is 4.51. The highest BCUT2D eigenvalue weighted by Crippen LogP contribution is 2.29. The van der Waals surface area contributed by atoms with Crippen molar-refractivity contribution >= 4 is 29.2 Å². The molecular formula is C15H20Cl2N2O2. The quantitative estimate of drug-likeness (QED) is 0.842. The standard InChI is InChI=1S/C15H20Cl2N2O2/c1-21-15(20)12(4-7-19-8-5-18-6-9-19)11-2-3-13(16)14(17)10-11/h2-3,10,12,18H,4-9H2,1H3. The van der Waals surface area contributed by atoms with E-state index in [1.165, 1.54) is 7.11 Å². The third kappa shape index (κ3) is 4.58. The molecule has 1 saturated heterocycles. The first kappa shape index (κ1) is 16.6. The molecule has 0 amide bonds. The number of nitrogens with one attached hydrogen (secondary N) is 1. The van der Waals surface area contributed by atoms with Crippen molar-refractivity contribution in [2.24, 2.45) is 0 Å². The molecule has 1 N–H and O–H groups in total. The molecule has 1 aliphatic rings. The van der Waals surface area contributed by atoms with Crippen LogP contribution in [0.4, 0.5) is 0 Å². The zero-order valence-electron chi connectivity index (χ0n) is 12.1. The maximum Gasteiger partial charge on any atom is 0.313 e. The first-order valence-electron chi connectivity index (χ1n) is 7.07. The van der Waals surface area contributed by atoms with Gasteiger partial charge in [-0.25, -0.2) is 0 Å². The number of hydrogen-bond acceptors (Lipinski definition) is 4. The Balaban J connectivity index is 2.06. The summed E-state index contributed by atoms with van der Waals surface area (Å²) in [6, 6.07) is 5.32. The van der Waals surface area contributed by atoms with Crippen molar-refractivity contribution < 1.29 is 9.53 Å². The minimum atomic E-state index is -0.306. The van der Waals surface area contributed by atoms with Crippen LogP contribution in [0.2, 0.25) is 10.0 Å². The molecule has 0 radical (unpaired) electrons. The Hall–Kier alpha value is -0.810. The van der Waals surface area contributed by atoms with Gasteiger partial charge in [-0.3, -0.25) is 4.79 Å². The van der Waals surface area contributed by atoms with Crippen molar-refractivity contribution in [1.82, 2.24) is 10.2 Å². The van der Waals surface area contributed by atoms with Gasteiger partial charge in [-0.05, 0) is 30.7 Å². The van der Waals surface area contributed by atoms with E-state index in [1.807, 2.05) is 6.07 Å². The number of benzene rings is 1. The van der Waals surface area contributed by atoms with Gasteiger partial charge < -0.3 is 15.0 Å². The van der Waals surface area contributed by atoms with Crippen molar-refractivity contribution in [1.29, 1.82) is 0 Å². The predicted molar refractivity (Wildman–Crippen MR) is 85.1 cm³/mol. The van der Waals surface area contributed by atoms with Crippen LogP contribution in [0, 0.1) is 0 Å². The molecule has 1 aliphatic heterocycles. The molecule has 1 unspecified atom stereocenters. The molecule has 0 bridgehead atoms. The smallest absolute Gasteiger partial charge is 0.313 e. The largest absolute Gasteiger partial charge is 0.469 e. The summed E-state index contributed by atoms with van der Waals surface area (Å²) >= 11 is 12.0. The lowest BCUT2D eigenvalue weighted by Crippen LogP contribution is -2.44. The molecule has 6 heteroatoms. The van der Waals surface area contributed by atoms with Crippen LogP contribution in [-0.4, -0.2) is 50.7 Å². The zero-order valence-corrected chi connectivity index (χ0v) is 13.6. The molecule has 1 fully saturated rings. The van der Waals surface area contributed by atoms with Crippen LogP contribution in [0.5, 0.6) is 0 Å². The molecule has 1 aromatic rings. The van der Waals surface area contributed by atoms with Crippen LogP contribution in [0.15, 0.2) is 18.2 Å². The lowest BCUT2D eigenvalue weighted by molar-refractivity contribution is -0.142. The summed E-state index contributed by atoms with van der Waals surface area (Å²) in [5.74, 6) is -0.539. The summed E-state index contributed by atoms with van der Waals surface area (Å²) in [6.45, 7) is 4.87. The molecule has 1 aromatic carbocycles. The highest BCUT2D eigenvalue weighted by atomic mass is 35.5. The molecule has 21 heavy (non-hydrogen) atoms. The van der Waals surface area contributed by atoms with Gasteiger partial charge >= 0.3 is 5.97 Å². The van der Waals surface area contributed by atoms with Crippen LogP contribution in [-0.2, 0) is 9.53 Å². The zero-order chi connectivity index (χ0) is 15.2. The molecule has 0 saturated carbocycles. The maximum absolute atomic E-state index is 12.1. The Labute approximate surface area is 135 Å². The molecule has 0 spiro atoms. The number of methoxy groups -OCH3 is 1. The van der Waals surface area contributed by atoms with E-state index < -0.39 is 0 Å². The van der Waals surface area contributed by atoms with E-state index in [0.29, 0.717) is 16.5 Å². The van der Waals surface area contributed by atoms with Gasteiger partial charge in [0.2, 0.25) is 0 Å². The summed E-state index contributed by atoms with van der Waals surface area (Å²) in [5, 5.41) is 4.27. The van der Waals surface area contributed by atoms with Crippen molar-refractivity contribution in [2.45, 2.75) is 12.3 Å². The number of halogens is 2. The number of carbonyl (C=O) groups is 1. The van der Waals surface area contributed by atoms with Gasteiger partial charge in [0.05, 0.1) is 23.1 Å². The molecule has 0 aromatic heterocycles. The van der Waals surface area contributed by atoms with Crippen LogP contribution >= 0.6 is 23.2 Å². The van der Waals surface area contributed by atoms with Crippen LogP contribution in [0.25, 0.3) is 0 Å². The molecule has 4 nitrogen and oxygen atoms in total. The average Bonchev–Trinajstić information content (AvgIpc) is 2.51. The Kier molecular flexibility index (Phi) is 6.30. The minimum Gasteiger partial charge on any atom is -0.469 e. The van der Waals surface area contributed by atoms with Crippen LogP contribution < -0.4 is 5.32 Å². The molecule has 0 aliphatic carbocycles. The fourth-order valence-corrected chi connectivity index (χ4v) is 2.84. The number of nitrogens with zero attached hydrogens (tertiary/aromatic N) is 1. The van der Waals surface area contributed by atoms with Gasteiger partial charge in [-0.2, -0.15) is 0 Å². The first-order valence-corrected chi connectivity index (χ1v) is 7.83. The van der Waals surface area contributed by atoms with E-state index in [4.69, 9.17) is 27.9 Å². The lowest BCUT2D eigenvalue weighted by atomic mass is 9.95. The van der Waals surface area contributed by atoms with Crippen molar-refractivity contribution in [3.05, 3.63) is 33.8 Å². The fraction of sp³-hybridized carbons (Fsp3) is 0.533. The Morgan fingerprint density at radius 2 is 2.05 bits per heavy atom. The second-order valence-corrected chi connectivity index (χ2v) is 5.94. The first-order chi connectivity index (χ1) is 10.1. The summed E-state index contributed by atoms with van der Waals surface area (Å²) in [4.78, 5) is 14.4. The van der Waals surface area contributed by atoms with Gasteiger partial charge in [-0.15, -0.1) is 0 Å². The van der Waals surface area contributed by atoms with E-state index in [1.54, 1.807) is 12.1 Å². The van der Waals surface area contributed by atoms with E-state index in [0.717, 1.165) is 38.3 Å². The lowest BCUT2D eigenvalue weighted by Gasteiger charge is -2.28. The second kappa shape index (κ2) is 7.99. The SMILES string of the molecule is COC(=O)C(CCN1CCNCC1)c1ccc(Cl)c(Cl)c1. The highest BCUT2D eigenvalue weighted by molar-refractivity contribution is 6.42. The van der Waals surface area contributed by atoms with Gasteiger partial charge in [-0.1, -0.05) is 29.3 Å². The molecule has 1 heterocycles. The van der Waals surface area contributed by atoms with Gasteiger partial charge in [0.25, 0.3) is 0 Å². The fourth-order valence-electron chi connectivity index (χ4n) is 2.54. The van der Waals surface area contributed by atoms with Crippen LogP contribution in [0.3, 0.4) is 0 Å². The van der Waals surface area contributed by atoms with Gasteiger partial charge in [0, 0.05) is 26.2 Å². The van der Waals surface area contributed by atoms with E-state index in [-0.39, 0.29) is 11.9 Å². The molecule has 2 rings (SSSR count). The van der Waals surface area contributed by atoms with Crippen molar-refractivity contribution in [3.63, 3.8) is 0 Å². The maximum atomic E-state index is 12.1. The number of hydrogen-bond donors (Lipinski definition) is 1. The average molecular weight is 331 g/mol. The van der Waals surface area contributed by atoms with Crippen molar-refractivity contribution in [2.75, 3.05) is 39.8 Å². The Morgan fingerprint density at radius 1 is 1.33 bits per heavy atom. The van der Waals surface area contributed by atoms with E-state index in [2.05, 4.69) is 10.2 Å². The summed E-state index contributed by atoms with van der Waals surface area (Å²) < 4.78 is 4.93. The van der Waals surface area contributed by atoms with Crippen LogP contribution in [0.1, 0.15) is 17.9 Å². The number of piperazine rings is 1. The topological polar surface area (TPSA) is 41.6 Å². The minimum absolute atomic E-state index is 0.233. The summed E-state index contributed by atoms with van der Waals surface area (Å²) in [7, 11) is 1.41. The van der Waals surface area contributed by atoms with Gasteiger partial charge in [0.1, 0.15) is 0 Å². The Morgan fingerprint density at radius 3 is 2.67 bits per heavy atom. The molecular weight excluding hydrogens is 311 g/mol. The van der Waals surface area contributed by atoms with E-state index >= 15 is 0 Å². The number of ether oxygens (including phenoxy) is 1. The van der Waals surface area contributed by atoms with Gasteiger partial charge in [0.15, 0.2) is 0 Å². The highest BCUT2D eigenvalue weighted by Gasteiger charge is 2.23. The normalized spacial score (nSPS) is 17.5. The monoisotopic (exact) mass is 330 g/mol.